The van der Waals surface area contributed by atoms with Crippen LogP contribution in [0.25, 0.3) is 0 Å². The molecular weight excluding hydrogens is 277 g/mol. The number of nitrogens with zero attached hydrogens (tertiary/aromatic N) is 1. The van der Waals surface area contributed by atoms with Gasteiger partial charge in [-0.1, -0.05) is 35.3 Å². The number of hydrogen-bond donors (Lipinski definition) is 1. The second-order valence-electron chi connectivity index (χ2n) is 3.67. The Labute approximate surface area is 113 Å². The van der Waals surface area contributed by atoms with Crippen LogP contribution in [0.15, 0.2) is 34.3 Å². The van der Waals surface area contributed by atoms with E-state index in [1.165, 1.54) is 0 Å². The lowest BCUT2D eigenvalue weighted by atomic mass is 10.0. The van der Waals surface area contributed by atoms with E-state index in [0.717, 1.165) is 0 Å². The van der Waals surface area contributed by atoms with Gasteiger partial charge in [0, 0.05) is 0 Å². The van der Waals surface area contributed by atoms with Crippen molar-refractivity contribution in [2.45, 2.75) is 12.2 Å². The van der Waals surface area contributed by atoms with Gasteiger partial charge in [0.1, 0.15) is 11.1 Å². The van der Waals surface area contributed by atoms with Crippen molar-refractivity contribution in [3.8, 4) is 6.07 Å². The summed E-state index contributed by atoms with van der Waals surface area (Å²) in [6, 6.07) is 8.19. The second kappa shape index (κ2) is 4.99. The van der Waals surface area contributed by atoms with Crippen molar-refractivity contribution < 1.29 is 14.6 Å². The lowest BCUT2D eigenvalue weighted by Gasteiger charge is -2.17. The van der Waals surface area contributed by atoms with Gasteiger partial charge in [0.25, 0.3) is 0 Å². The van der Waals surface area contributed by atoms with E-state index in [0.29, 0.717) is 11.1 Å². The summed E-state index contributed by atoms with van der Waals surface area (Å²) >= 11 is 11.4. The molecule has 0 unspecified atom stereocenters. The molecule has 18 heavy (non-hydrogen) atoms. The SMILES string of the molecule is N#Cc1ccc([C@@H](O)[C@H]2OC(=O)C(Cl)=C2Cl)cc1. The predicted octanol–water partition coefficient (Wildman–Crippen LogP) is 2.21. The van der Waals surface area contributed by atoms with Gasteiger partial charge >= 0.3 is 5.97 Å². The van der Waals surface area contributed by atoms with Gasteiger partial charge < -0.3 is 9.84 Å². The van der Waals surface area contributed by atoms with Gasteiger partial charge in [-0.25, -0.2) is 4.79 Å². The first kappa shape index (κ1) is 12.9. The van der Waals surface area contributed by atoms with Crippen molar-refractivity contribution in [1.82, 2.24) is 0 Å². The fourth-order valence-electron chi connectivity index (χ4n) is 1.57. The zero-order valence-electron chi connectivity index (χ0n) is 8.93. The molecule has 0 radical (unpaired) electrons. The number of aliphatic hydroxyl groups excluding tert-OH is 1. The molecule has 1 aliphatic heterocycles. The van der Waals surface area contributed by atoms with Crippen molar-refractivity contribution in [2.75, 3.05) is 0 Å². The molecule has 2 atom stereocenters. The predicted molar refractivity (Wildman–Crippen MR) is 64.7 cm³/mol. The zero-order chi connectivity index (χ0) is 13.3. The molecule has 0 bridgehead atoms. The van der Waals surface area contributed by atoms with Crippen molar-refractivity contribution in [3.63, 3.8) is 0 Å². The number of aliphatic hydroxyl groups is 1. The fraction of sp³-hybridized carbons (Fsp3) is 0.167. The highest BCUT2D eigenvalue weighted by molar-refractivity contribution is 6.48. The molecule has 4 nitrogen and oxygen atoms in total. The molecule has 1 heterocycles. The number of esters is 1. The number of halogens is 2. The molecule has 0 spiro atoms. The molecule has 1 aromatic carbocycles. The van der Waals surface area contributed by atoms with E-state index in [4.69, 9.17) is 33.2 Å². The number of carbonyl (C=O) groups excluding carboxylic acids is 1. The zero-order valence-corrected chi connectivity index (χ0v) is 10.4. The maximum atomic E-state index is 11.2. The minimum atomic E-state index is -1.12. The van der Waals surface area contributed by atoms with Gasteiger partial charge in [0.05, 0.1) is 16.7 Å². The molecule has 0 saturated heterocycles. The van der Waals surface area contributed by atoms with Crippen molar-refractivity contribution in [2.24, 2.45) is 0 Å². The summed E-state index contributed by atoms with van der Waals surface area (Å²) in [5.74, 6) is -0.751. The van der Waals surface area contributed by atoms with Gasteiger partial charge in [-0.15, -0.1) is 0 Å². The molecule has 0 aromatic heterocycles. The van der Waals surface area contributed by atoms with Crippen LogP contribution in [0.4, 0.5) is 0 Å². The molecule has 6 heteroatoms. The van der Waals surface area contributed by atoms with E-state index in [-0.39, 0.29) is 10.1 Å². The first-order valence-electron chi connectivity index (χ1n) is 4.99. The minimum absolute atomic E-state index is 0.0153. The Morgan fingerprint density at radius 1 is 1.33 bits per heavy atom. The van der Waals surface area contributed by atoms with Crippen LogP contribution >= 0.6 is 23.2 Å². The fourth-order valence-corrected chi connectivity index (χ4v) is 1.97. The van der Waals surface area contributed by atoms with Crippen LogP contribution in [0.1, 0.15) is 17.2 Å². The van der Waals surface area contributed by atoms with Crippen molar-refractivity contribution >= 4 is 29.2 Å². The highest BCUT2D eigenvalue weighted by atomic mass is 35.5. The molecule has 2 rings (SSSR count). The largest absolute Gasteiger partial charge is 0.449 e. The third-order valence-electron chi connectivity index (χ3n) is 2.54. The minimum Gasteiger partial charge on any atom is -0.449 e. The van der Waals surface area contributed by atoms with E-state index in [9.17, 15) is 9.90 Å². The van der Waals surface area contributed by atoms with Gasteiger partial charge in [0.15, 0.2) is 6.10 Å². The number of nitriles is 1. The summed E-state index contributed by atoms with van der Waals surface area (Å²) < 4.78 is 4.87. The van der Waals surface area contributed by atoms with E-state index >= 15 is 0 Å². The van der Waals surface area contributed by atoms with Crippen LogP contribution in [-0.2, 0) is 9.53 Å². The molecular formula is C12H7Cl2NO3. The molecule has 0 amide bonds. The van der Waals surface area contributed by atoms with Crippen molar-refractivity contribution in [3.05, 3.63) is 45.5 Å². The Hall–Kier alpha value is -1.54. The quantitative estimate of drug-likeness (QED) is 0.845. The number of benzene rings is 1. The van der Waals surface area contributed by atoms with Gasteiger partial charge in [0.2, 0.25) is 0 Å². The van der Waals surface area contributed by atoms with E-state index in [2.05, 4.69) is 0 Å². The van der Waals surface area contributed by atoms with Gasteiger partial charge in [-0.2, -0.15) is 5.26 Å². The monoisotopic (exact) mass is 283 g/mol. The summed E-state index contributed by atoms with van der Waals surface area (Å²) in [5.41, 5.74) is 0.949. The maximum Gasteiger partial charge on any atom is 0.351 e. The number of carbonyl (C=O) groups is 1. The normalized spacial score (nSPS) is 20.6. The number of rotatable bonds is 2. The second-order valence-corrected chi connectivity index (χ2v) is 4.45. The highest BCUT2D eigenvalue weighted by Crippen LogP contribution is 2.35. The van der Waals surface area contributed by atoms with Crippen LogP contribution in [0.5, 0.6) is 0 Å². The average molecular weight is 284 g/mol. The van der Waals surface area contributed by atoms with Gasteiger partial charge in [-0.3, -0.25) is 0 Å². The summed E-state index contributed by atoms with van der Waals surface area (Å²) in [7, 11) is 0. The molecule has 1 aromatic rings. The average Bonchev–Trinajstić information content (AvgIpc) is 2.66. The Bertz CT molecular complexity index is 560. The number of hydrogen-bond acceptors (Lipinski definition) is 4. The Balaban J connectivity index is 2.25. The Morgan fingerprint density at radius 3 is 2.39 bits per heavy atom. The molecule has 1 aliphatic rings. The molecule has 0 saturated carbocycles. The van der Waals surface area contributed by atoms with Crippen LogP contribution in [0.3, 0.4) is 0 Å². The number of ether oxygens (including phenoxy) is 1. The van der Waals surface area contributed by atoms with Gasteiger partial charge in [-0.05, 0) is 17.7 Å². The summed E-state index contributed by atoms with van der Waals surface area (Å²) in [4.78, 5) is 11.2. The van der Waals surface area contributed by atoms with Crippen LogP contribution in [0, 0.1) is 11.3 Å². The molecule has 0 fully saturated rings. The van der Waals surface area contributed by atoms with Crippen molar-refractivity contribution in [1.29, 1.82) is 5.26 Å². The van der Waals surface area contributed by atoms with Crippen LogP contribution in [0.2, 0.25) is 0 Å². The summed E-state index contributed by atoms with van der Waals surface area (Å²) in [5, 5.41) is 18.5. The van der Waals surface area contributed by atoms with E-state index in [1.54, 1.807) is 24.3 Å². The maximum absolute atomic E-state index is 11.2. The number of cyclic esters (lactones) is 1. The molecule has 92 valence electrons. The topological polar surface area (TPSA) is 70.3 Å². The third kappa shape index (κ3) is 2.21. The molecule has 1 N–H and O–H groups in total. The van der Waals surface area contributed by atoms with E-state index in [1.807, 2.05) is 6.07 Å². The Kier molecular flexibility index (Phi) is 3.58. The lowest BCUT2D eigenvalue weighted by Crippen LogP contribution is -2.20. The van der Waals surface area contributed by atoms with Crippen LogP contribution in [-0.4, -0.2) is 17.2 Å². The third-order valence-corrected chi connectivity index (χ3v) is 3.40. The first-order valence-corrected chi connectivity index (χ1v) is 5.74. The highest BCUT2D eigenvalue weighted by Gasteiger charge is 2.37. The smallest absolute Gasteiger partial charge is 0.351 e. The summed E-state index contributed by atoms with van der Waals surface area (Å²) in [6.45, 7) is 0. The molecule has 0 aliphatic carbocycles. The first-order chi connectivity index (χ1) is 8.54. The summed E-state index contributed by atoms with van der Waals surface area (Å²) in [6.07, 6.45) is -2.12. The van der Waals surface area contributed by atoms with Crippen LogP contribution < -0.4 is 0 Å². The lowest BCUT2D eigenvalue weighted by molar-refractivity contribution is -0.143. The van der Waals surface area contributed by atoms with E-state index < -0.39 is 18.2 Å². The standard InChI is InChI=1S/C12H7Cl2NO3/c13-8-9(14)12(17)18-11(8)10(16)7-3-1-6(5-15)2-4-7/h1-4,10-11,16H/t10-,11+/m1/s1. The Morgan fingerprint density at radius 2 is 1.94 bits per heavy atom.